The number of carbonyl (C=O) groups excluding carboxylic acids is 1. The van der Waals surface area contributed by atoms with Gasteiger partial charge in [0.05, 0.1) is 12.5 Å². The van der Waals surface area contributed by atoms with E-state index in [0.717, 1.165) is 11.1 Å². The standard InChI is InChI=1S/C13H14N2O/c1-9-3-4-11(10(2)5-9)6-13(16)12-7-14-8-15-12/h3-5,7-8H,6H2,1-2H3,(H,14,15). The Balaban J connectivity index is 2.18. The van der Waals surface area contributed by atoms with Crippen molar-refractivity contribution in [1.29, 1.82) is 0 Å². The zero-order chi connectivity index (χ0) is 11.5. The second-order valence-electron chi connectivity index (χ2n) is 4.00. The first-order chi connectivity index (χ1) is 7.66. The lowest BCUT2D eigenvalue weighted by atomic mass is 10.0. The molecule has 0 fully saturated rings. The molecular weight excluding hydrogens is 200 g/mol. The topological polar surface area (TPSA) is 45.8 Å². The third-order valence-electron chi connectivity index (χ3n) is 2.65. The van der Waals surface area contributed by atoms with Gasteiger partial charge >= 0.3 is 0 Å². The summed E-state index contributed by atoms with van der Waals surface area (Å²) in [5.74, 6) is 0.0736. The van der Waals surface area contributed by atoms with Crippen molar-refractivity contribution in [2.75, 3.05) is 0 Å². The molecule has 3 nitrogen and oxygen atoms in total. The van der Waals surface area contributed by atoms with Gasteiger partial charge in [-0.25, -0.2) is 4.98 Å². The molecule has 0 aliphatic heterocycles. The molecule has 0 radical (unpaired) electrons. The first kappa shape index (κ1) is 10.6. The second-order valence-corrected chi connectivity index (χ2v) is 4.00. The van der Waals surface area contributed by atoms with E-state index in [1.54, 1.807) is 6.20 Å². The molecule has 0 bridgehead atoms. The van der Waals surface area contributed by atoms with Crippen LogP contribution >= 0.6 is 0 Å². The number of nitrogens with zero attached hydrogens (tertiary/aromatic N) is 1. The van der Waals surface area contributed by atoms with Crippen LogP contribution < -0.4 is 0 Å². The quantitative estimate of drug-likeness (QED) is 0.798. The van der Waals surface area contributed by atoms with Crippen molar-refractivity contribution in [3.63, 3.8) is 0 Å². The Morgan fingerprint density at radius 3 is 2.81 bits per heavy atom. The van der Waals surface area contributed by atoms with Crippen LogP contribution in [0.25, 0.3) is 0 Å². The van der Waals surface area contributed by atoms with Crippen LogP contribution in [-0.2, 0) is 6.42 Å². The van der Waals surface area contributed by atoms with Crippen LogP contribution in [0.4, 0.5) is 0 Å². The lowest BCUT2D eigenvalue weighted by Crippen LogP contribution is -2.05. The Labute approximate surface area is 94.5 Å². The molecule has 16 heavy (non-hydrogen) atoms. The van der Waals surface area contributed by atoms with Crippen LogP contribution in [0.3, 0.4) is 0 Å². The summed E-state index contributed by atoms with van der Waals surface area (Å²) in [5.41, 5.74) is 4.02. The highest BCUT2D eigenvalue weighted by atomic mass is 16.1. The van der Waals surface area contributed by atoms with Crippen molar-refractivity contribution in [2.24, 2.45) is 0 Å². The highest BCUT2D eigenvalue weighted by Gasteiger charge is 2.09. The fourth-order valence-electron chi connectivity index (χ4n) is 1.72. The summed E-state index contributed by atoms with van der Waals surface area (Å²) in [6.07, 6.45) is 3.51. The molecule has 0 spiro atoms. The second kappa shape index (κ2) is 4.31. The number of imidazole rings is 1. The summed E-state index contributed by atoms with van der Waals surface area (Å²) < 4.78 is 0. The van der Waals surface area contributed by atoms with Crippen molar-refractivity contribution < 1.29 is 4.79 Å². The maximum absolute atomic E-state index is 11.8. The Kier molecular flexibility index (Phi) is 2.86. The van der Waals surface area contributed by atoms with Crippen LogP contribution in [0.5, 0.6) is 0 Å². The van der Waals surface area contributed by atoms with Crippen molar-refractivity contribution in [1.82, 2.24) is 9.97 Å². The van der Waals surface area contributed by atoms with Gasteiger partial charge in [0.2, 0.25) is 0 Å². The van der Waals surface area contributed by atoms with Crippen LogP contribution in [0.15, 0.2) is 30.7 Å². The molecule has 0 aliphatic carbocycles. The van der Waals surface area contributed by atoms with Gasteiger partial charge < -0.3 is 4.98 Å². The number of carbonyl (C=O) groups is 1. The lowest BCUT2D eigenvalue weighted by molar-refractivity contribution is 0.0988. The molecule has 2 aromatic rings. The van der Waals surface area contributed by atoms with Crippen molar-refractivity contribution in [2.45, 2.75) is 20.3 Å². The maximum Gasteiger partial charge on any atom is 0.184 e. The summed E-state index contributed by atoms with van der Waals surface area (Å²) in [7, 11) is 0. The van der Waals surface area contributed by atoms with E-state index < -0.39 is 0 Å². The highest BCUT2D eigenvalue weighted by Crippen LogP contribution is 2.12. The molecule has 0 atom stereocenters. The van der Waals surface area contributed by atoms with E-state index in [0.29, 0.717) is 12.1 Å². The Bertz CT molecular complexity index is 501. The minimum absolute atomic E-state index is 0.0736. The predicted molar refractivity (Wildman–Crippen MR) is 62.5 cm³/mol. The summed E-state index contributed by atoms with van der Waals surface area (Å²) >= 11 is 0. The summed E-state index contributed by atoms with van der Waals surface area (Å²) in [6, 6.07) is 6.14. The van der Waals surface area contributed by atoms with E-state index in [2.05, 4.69) is 16.0 Å². The average molecular weight is 214 g/mol. The van der Waals surface area contributed by atoms with Crippen molar-refractivity contribution >= 4 is 5.78 Å². The number of nitrogens with one attached hydrogen (secondary N) is 1. The smallest absolute Gasteiger partial charge is 0.184 e. The third kappa shape index (κ3) is 2.19. The molecule has 1 aromatic carbocycles. The number of ketones is 1. The molecule has 3 heteroatoms. The van der Waals surface area contributed by atoms with Crippen LogP contribution in [0.2, 0.25) is 0 Å². The molecule has 1 heterocycles. The number of H-pyrrole nitrogens is 1. The van der Waals surface area contributed by atoms with E-state index in [1.165, 1.54) is 11.9 Å². The van der Waals surface area contributed by atoms with E-state index in [-0.39, 0.29) is 5.78 Å². The first-order valence-corrected chi connectivity index (χ1v) is 5.24. The van der Waals surface area contributed by atoms with Gasteiger partial charge in [0.15, 0.2) is 5.78 Å². The first-order valence-electron chi connectivity index (χ1n) is 5.24. The molecule has 0 saturated carbocycles. The minimum Gasteiger partial charge on any atom is -0.342 e. The van der Waals surface area contributed by atoms with Crippen molar-refractivity contribution in [3.8, 4) is 0 Å². The number of rotatable bonds is 3. The molecule has 2 rings (SSSR count). The molecular formula is C13H14N2O. The van der Waals surface area contributed by atoms with Gasteiger partial charge in [-0.1, -0.05) is 23.8 Å². The largest absolute Gasteiger partial charge is 0.342 e. The number of aromatic amines is 1. The summed E-state index contributed by atoms with van der Waals surface area (Å²) in [5, 5.41) is 0. The average Bonchev–Trinajstić information content (AvgIpc) is 2.75. The fourth-order valence-corrected chi connectivity index (χ4v) is 1.72. The molecule has 0 saturated heterocycles. The molecule has 82 valence electrons. The molecule has 0 aliphatic rings. The zero-order valence-corrected chi connectivity index (χ0v) is 9.45. The van der Waals surface area contributed by atoms with Crippen LogP contribution in [0.1, 0.15) is 27.2 Å². The van der Waals surface area contributed by atoms with E-state index in [4.69, 9.17) is 0 Å². The fraction of sp³-hybridized carbons (Fsp3) is 0.231. The van der Waals surface area contributed by atoms with Gasteiger partial charge in [-0.05, 0) is 25.0 Å². The Morgan fingerprint density at radius 1 is 1.38 bits per heavy atom. The Morgan fingerprint density at radius 2 is 2.19 bits per heavy atom. The minimum atomic E-state index is 0.0736. The maximum atomic E-state index is 11.8. The zero-order valence-electron chi connectivity index (χ0n) is 9.45. The van der Waals surface area contributed by atoms with E-state index in [1.807, 2.05) is 26.0 Å². The normalized spacial score (nSPS) is 10.4. The van der Waals surface area contributed by atoms with Gasteiger partial charge in [-0.2, -0.15) is 0 Å². The van der Waals surface area contributed by atoms with E-state index >= 15 is 0 Å². The summed E-state index contributed by atoms with van der Waals surface area (Å²) in [6.45, 7) is 4.08. The number of Topliss-reactive ketones (excluding diaryl/α,β-unsaturated/α-hetero) is 1. The monoisotopic (exact) mass is 214 g/mol. The highest BCUT2D eigenvalue weighted by molar-refractivity contribution is 5.95. The van der Waals surface area contributed by atoms with Crippen molar-refractivity contribution in [3.05, 3.63) is 53.1 Å². The van der Waals surface area contributed by atoms with E-state index in [9.17, 15) is 4.79 Å². The molecule has 1 N–H and O–H groups in total. The molecule has 0 unspecified atom stereocenters. The van der Waals surface area contributed by atoms with Gasteiger partial charge in [-0.3, -0.25) is 4.79 Å². The number of aromatic nitrogens is 2. The Hall–Kier alpha value is -1.90. The van der Waals surface area contributed by atoms with Gasteiger partial charge in [-0.15, -0.1) is 0 Å². The molecule has 1 aromatic heterocycles. The molecule has 0 amide bonds. The number of benzene rings is 1. The summed E-state index contributed by atoms with van der Waals surface area (Å²) in [4.78, 5) is 18.5. The number of hydrogen-bond acceptors (Lipinski definition) is 2. The van der Waals surface area contributed by atoms with Crippen LogP contribution in [0, 0.1) is 13.8 Å². The number of aryl methyl sites for hydroxylation is 2. The predicted octanol–water partition coefficient (Wildman–Crippen LogP) is 2.45. The van der Waals surface area contributed by atoms with Gasteiger partial charge in [0, 0.05) is 6.42 Å². The van der Waals surface area contributed by atoms with Gasteiger partial charge in [0.25, 0.3) is 0 Å². The number of hydrogen-bond donors (Lipinski definition) is 1. The van der Waals surface area contributed by atoms with Crippen LogP contribution in [-0.4, -0.2) is 15.8 Å². The third-order valence-corrected chi connectivity index (χ3v) is 2.65. The SMILES string of the molecule is Cc1ccc(CC(=O)c2cnc[nH]2)c(C)c1. The lowest BCUT2D eigenvalue weighted by Gasteiger charge is -2.05. The van der Waals surface area contributed by atoms with Gasteiger partial charge in [0.1, 0.15) is 5.69 Å².